The highest BCUT2D eigenvalue weighted by Gasteiger charge is 2.18. The summed E-state index contributed by atoms with van der Waals surface area (Å²) in [4.78, 5) is 0. The number of halogens is 1. The van der Waals surface area contributed by atoms with Gasteiger partial charge in [0.1, 0.15) is 5.83 Å². The first-order valence-electron chi connectivity index (χ1n) is 4.59. The lowest BCUT2D eigenvalue weighted by Gasteiger charge is -2.21. The van der Waals surface area contributed by atoms with Crippen molar-refractivity contribution in [2.75, 3.05) is 0 Å². The average Bonchev–Trinajstić information content (AvgIpc) is 1.97. The van der Waals surface area contributed by atoms with Crippen LogP contribution >= 0.6 is 0 Å². The molecular formula is C11H17F. The van der Waals surface area contributed by atoms with Crippen molar-refractivity contribution in [3.05, 3.63) is 22.5 Å². The van der Waals surface area contributed by atoms with E-state index in [-0.39, 0.29) is 5.83 Å². The number of rotatable bonds is 1. The first-order chi connectivity index (χ1) is 5.54. The van der Waals surface area contributed by atoms with Gasteiger partial charge >= 0.3 is 0 Å². The van der Waals surface area contributed by atoms with Crippen LogP contribution in [0.3, 0.4) is 0 Å². The van der Waals surface area contributed by atoms with Gasteiger partial charge in [0.25, 0.3) is 0 Å². The second-order valence-corrected chi connectivity index (χ2v) is 3.88. The summed E-state index contributed by atoms with van der Waals surface area (Å²) in [5.74, 6) is 0.424. The number of hydrogen-bond donors (Lipinski definition) is 0. The van der Waals surface area contributed by atoms with E-state index in [9.17, 15) is 4.39 Å². The molecule has 0 heterocycles. The van der Waals surface area contributed by atoms with Gasteiger partial charge in [0.2, 0.25) is 0 Å². The number of allylic oxidation sites excluding steroid dienone is 4. The molecule has 0 nitrogen and oxygen atoms in total. The van der Waals surface area contributed by atoms with Crippen LogP contribution in [0.2, 0.25) is 0 Å². The molecule has 1 aliphatic carbocycles. The van der Waals surface area contributed by atoms with E-state index in [1.165, 1.54) is 11.1 Å². The molecule has 0 saturated carbocycles. The van der Waals surface area contributed by atoms with Crippen LogP contribution < -0.4 is 0 Å². The Morgan fingerprint density at radius 1 is 1.17 bits per heavy atom. The van der Waals surface area contributed by atoms with Gasteiger partial charge < -0.3 is 0 Å². The summed E-state index contributed by atoms with van der Waals surface area (Å²) >= 11 is 0. The zero-order valence-corrected chi connectivity index (χ0v) is 8.37. The Labute approximate surface area is 74.2 Å². The van der Waals surface area contributed by atoms with Crippen LogP contribution in [0, 0.1) is 5.92 Å². The summed E-state index contributed by atoms with van der Waals surface area (Å²) in [6, 6.07) is 0. The van der Waals surface area contributed by atoms with Gasteiger partial charge in [0, 0.05) is 6.42 Å². The second kappa shape index (κ2) is 3.42. The van der Waals surface area contributed by atoms with Gasteiger partial charge in [-0.25, -0.2) is 4.39 Å². The molecule has 0 N–H and O–H groups in total. The molecule has 0 aromatic heterocycles. The highest BCUT2D eigenvalue weighted by molar-refractivity contribution is 5.39. The molecule has 0 saturated heterocycles. The van der Waals surface area contributed by atoms with Gasteiger partial charge in [-0.05, 0) is 37.3 Å². The van der Waals surface area contributed by atoms with Crippen molar-refractivity contribution in [1.29, 1.82) is 0 Å². The van der Waals surface area contributed by atoms with E-state index in [2.05, 4.69) is 20.8 Å². The fourth-order valence-corrected chi connectivity index (χ4v) is 1.80. The van der Waals surface area contributed by atoms with Gasteiger partial charge in [-0.1, -0.05) is 19.4 Å². The lowest BCUT2D eigenvalue weighted by Crippen LogP contribution is -2.05. The summed E-state index contributed by atoms with van der Waals surface area (Å²) in [7, 11) is 0. The summed E-state index contributed by atoms with van der Waals surface area (Å²) in [5, 5.41) is 0. The van der Waals surface area contributed by atoms with E-state index >= 15 is 0 Å². The Hall–Kier alpha value is -0.590. The molecule has 1 aliphatic rings. The summed E-state index contributed by atoms with van der Waals surface area (Å²) in [6.07, 6.45) is 1.50. The van der Waals surface area contributed by atoms with Gasteiger partial charge in [0.15, 0.2) is 0 Å². The van der Waals surface area contributed by atoms with Crippen LogP contribution in [0.15, 0.2) is 22.5 Å². The maximum absolute atomic E-state index is 13.4. The Morgan fingerprint density at radius 3 is 2.17 bits per heavy atom. The summed E-state index contributed by atoms with van der Waals surface area (Å²) in [6.45, 7) is 8.24. The fraction of sp³-hybridized carbons (Fsp3) is 0.636. The van der Waals surface area contributed by atoms with Gasteiger partial charge in [-0.15, -0.1) is 0 Å². The van der Waals surface area contributed by atoms with Crippen molar-refractivity contribution in [2.45, 2.75) is 40.5 Å². The molecule has 0 bridgehead atoms. The van der Waals surface area contributed by atoms with E-state index < -0.39 is 0 Å². The lowest BCUT2D eigenvalue weighted by atomic mass is 9.86. The molecule has 0 atom stereocenters. The Morgan fingerprint density at radius 2 is 1.75 bits per heavy atom. The standard InChI is InChI=1S/C11H17F/c1-7(2)11-9(4)8(3)5-6-10(11)12/h7H,5-6H2,1-4H3. The van der Waals surface area contributed by atoms with Gasteiger partial charge in [-0.2, -0.15) is 0 Å². The Balaban J connectivity index is 3.07. The molecule has 12 heavy (non-hydrogen) atoms. The third kappa shape index (κ3) is 1.60. The lowest BCUT2D eigenvalue weighted by molar-refractivity contribution is 0.543. The topological polar surface area (TPSA) is 0 Å². The zero-order valence-electron chi connectivity index (χ0n) is 8.37. The largest absolute Gasteiger partial charge is 0.211 e. The minimum atomic E-state index is 0.105. The van der Waals surface area contributed by atoms with E-state index in [0.29, 0.717) is 12.3 Å². The first kappa shape index (κ1) is 9.50. The quantitative estimate of drug-likeness (QED) is 0.555. The van der Waals surface area contributed by atoms with Crippen LogP contribution in [-0.4, -0.2) is 0 Å². The molecule has 0 aromatic rings. The third-order valence-electron chi connectivity index (χ3n) is 2.63. The monoisotopic (exact) mass is 168 g/mol. The van der Waals surface area contributed by atoms with Crippen molar-refractivity contribution in [3.63, 3.8) is 0 Å². The van der Waals surface area contributed by atoms with E-state index in [4.69, 9.17) is 0 Å². The zero-order chi connectivity index (χ0) is 9.30. The van der Waals surface area contributed by atoms with Crippen molar-refractivity contribution < 1.29 is 4.39 Å². The van der Waals surface area contributed by atoms with Crippen molar-refractivity contribution in [1.82, 2.24) is 0 Å². The molecule has 0 fully saturated rings. The predicted molar refractivity (Wildman–Crippen MR) is 50.6 cm³/mol. The van der Waals surface area contributed by atoms with Gasteiger partial charge in [-0.3, -0.25) is 0 Å². The van der Waals surface area contributed by atoms with Gasteiger partial charge in [0.05, 0.1) is 0 Å². The normalized spacial score (nSPS) is 19.5. The minimum absolute atomic E-state index is 0.105. The van der Waals surface area contributed by atoms with Crippen molar-refractivity contribution in [2.24, 2.45) is 5.92 Å². The smallest absolute Gasteiger partial charge is 0.104 e. The van der Waals surface area contributed by atoms with E-state index in [0.717, 1.165) is 12.0 Å². The molecule has 0 radical (unpaired) electrons. The predicted octanol–water partition coefficient (Wildman–Crippen LogP) is 4.00. The SMILES string of the molecule is CC1=C(C)C(C(C)C)=C(F)CC1. The highest BCUT2D eigenvalue weighted by Crippen LogP contribution is 2.34. The maximum atomic E-state index is 13.4. The van der Waals surface area contributed by atoms with E-state index in [1.807, 2.05) is 6.92 Å². The van der Waals surface area contributed by atoms with Crippen LogP contribution in [0.1, 0.15) is 40.5 Å². The maximum Gasteiger partial charge on any atom is 0.104 e. The molecule has 1 rings (SSSR count). The van der Waals surface area contributed by atoms with Crippen molar-refractivity contribution >= 4 is 0 Å². The van der Waals surface area contributed by atoms with Crippen LogP contribution in [0.4, 0.5) is 4.39 Å². The molecular weight excluding hydrogens is 151 g/mol. The Kier molecular flexibility index (Phi) is 2.71. The van der Waals surface area contributed by atoms with Crippen molar-refractivity contribution in [3.8, 4) is 0 Å². The average molecular weight is 168 g/mol. The first-order valence-corrected chi connectivity index (χ1v) is 4.59. The van der Waals surface area contributed by atoms with Crippen LogP contribution in [-0.2, 0) is 0 Å². The molecule has 0 aromatic carbocycles. The van der Waals surface area contributed by atoms with Crippen LogP contribution in [0.25, 0.3) is 0 Å². The third-order valence-corrected chi connectivity index (χ3v) is 2.63. The second-order valence-electron chi connectivity index (χ2n) is 3.88. The molecule has 1 heteroatoms. The molecule has 0 amide bonds. The van der Waals surface area contributed by atoms with E-state index in [1.54, 1.807) is 0 Å². The van der Waals surface area contributed by atoms with Crippen LogP contribution in [0.5, 0.6) is 0 Å². The summed E-state index contributed by atoms with van der Waals surface area (Å²) in [5.41, 5.74) is 3.47. The molecule has 0 unspecified atom stereocenters. The molecule has 68 valence electrons. The minimum Gasteiger partial charge on any atom is -0.211 e. The summed E-state index contributed by atoms with van der Waals surface area (Å²) < 4.78 is 13.4. The fourth-order valence-electron chi connectivity index (χ4n) is 1.80. The molecule has 0 aliphatic heterocycles. The number of hydrogen-bond acceptors (Lipinski definition) is 0. The Bertz CT molecular complexity index is 244. The highest BCUT2D eigenvalue weighted by atomic mass is 19.1. The molecule has 0 spiro atoms.